The summed E-state index contributed by atoms with van der Waals surface area (Å²) in [7, 11) is 1.69. The van der Waals surface area contributed by atoms with E-state index in [4.69, 9.17) is 19.9 Å². The van der Waals surface area contributed by atoms with Crippen molar-refractivity contribution in [2.45, 2.75) is 25.9 Å². The molecular weight excluding hydrogens is 266 g/mol. The van der Waals surface area contributed by atoms with Crippen LogP contribution in [0.25, 0.3) is 10.8 Å². The van der Waals surface area contributed by atoms with E-state index in [1.54, 1.807) is 7.11 Å². The molecule has 0 spiro atoms. The van der Waals surface area contributed by atoms with Gasteiger partial charge in [0.05, 0.1) is 18.8 Å². The van der Waals surface area contributed by atoms with E-state index < -0.39 is 5.60 Å². The number of ether oxygens (including phenoxy) is 3. The van der Waals surface area contributed by atoms with Gasteiger partial charge in [-0.1, -0.05) is 0 Å². The first-order valence-corrected chi connectivity index (χ1v) is 7.20. The molecule has 0 saturated carbocycles. The molecule has 0 radical (unpaired) electrons. The molecule has 0 bridgehead atoms. The van der Waals surface area contributed by atoms with Gasteiger partial charge in [0.15, 0.2) is 11.5 Å². The third-order valence-electron chi connectivity index (χ3n) is 4.03. The SMILES string of the molecule is COC(C)(C)c1cc2cc3c(cc2cc1N)OCCCO3. The van der Waals surface area contributed by atoms with Crippen LogP contribution in [-0.2, 0) is 10.3 Å². The number of hydrogen-bond donors (Lipinski definition) is 1. The molecule has 1 aliphatic rings. The number of nitrogens with two attached hydrogens (primary N) is 1. The molecule has 112 valence electrons. The Morgan fingerprint density at radius 1 is 1.00 bits per heavy atom. The molecule has 4 nitrogen and oxygen atoms in total. The van der Waals surface area contributed by atoms with E-state index in [2.05, 4.69) is 6.07 Å². The fourth-order valence-corrected chi connectivity index (χ4v) is 2.61. The summed E-state index contributed by atoms with van der Waals surface area (Å²) in [6.07, 6.45) is 0.898. The topological polar surface area (TPSA) is 53.7 Å². The van der Waals surface area contributed by atoms with Crippen molar-refractivity contribution < 1.29 is 14.2 Å². The lowest BCUT2D eigenvalue weighted by molar-refractivity contribution is 0.0200. The Hall–Kier alpha value is -1.94. The average molecular weight is 287 g/mol. The second kappa shape index (κ2) is 5.11. The minimum Gasteiger partial charge on any atom is -0.490 e. The quantitative estimate of drug-likeness (QED) is 0.859. The van der Waals surface area contributed by atoms with Crippen LogP contribution in [-0.4, -0.2) is 20.3 Å². The van der Waals surface area contributed by atoms with Crippen molar-refractivity contribution in [2.24, 2.45) is 0 Å². The van der Waals surface area contributed by atoms with Crippen molar-refractivity contribution in [3.63, 3.8) is 0 Å². The van der Waals surface area contributed by atoms with Crippen LogP contribution in [0.3, 0.4) is 0 Å². The smallest absolute Gasteiger partial charge is 0.161 e. The summed E-state index contributed by atoms with van der Waals surface area (Å²) in [5, 5.41) is 2.13. The van der Waals surface area contributed by atoms with Gasteiger partial charge in [-0.2, -0.15) is 0 Å². The van der Waals surface area contributed by atoms with Crippen LogP contribution in [0.15, 0.2) is 24.3 Å². The van der Waals surface area contributed by atoms with Crippen molar-refractivity contribution in [1.29, 1.82) is 0 Å². The predicted octanol–water partition coefficient (Wildman–Crippen LogP) is 3.46. The number of fused-ring (bicyclic) bond motifs is 2. The molecule has 21 heavy (non-hydrogen) atoms. The standard InChI is InChI=1S/C17H21NO3/c1-17(2,19-3)13-7-11-9-15-16(21-6-4-5-20-15)10-12(11)8-14(13)18/h7-10H,4-6,18H2,1-3H3. The van der Waals surface area contributed by atoms with E-state index in [1.165, 1.54) is 0 Å². The number of nitrogen functional groups attached to an aromatic ring is 1. The molecule has 0 aliphatic carbocycles. The lowest BCUT2D eigenvalue weighted by Gasteiger charge is -2.25. The number of benzene rings is 2. The lowest BCUT2D eigenvalue weighted by atomic mass is 9.93. The van der Waals surface area contributed by atoms with Crippen LogP contribution < -0.4 is 15.2 Å². The second-order valence-corrected chi connectivity index (χ2v) is 5.85. The third-order valence-corrected chi connectivity index (χ3v) is 4.03. The van der Waals surface area contributed by atoms with Crippen LogP contribution in [0.4, 0.5) is 5.69 Å². The zero-order chi connectivity index (χ0) is 15.0. The van der Waals surface area contributed by atoms with Crippen LogP contribution in [0.2, 0.25) is 0 Å². The summed E-state index contributed by atoms with van der Waals surface area (Å²) >= 11 is 0. The molecule has 1 heterocycles. The number of rotatable bonds is 2. The van der Waals surface area contributed by atoms with E-state index in [1.807, 2.05) is 32.0 Å². The van der Waals surface area contributed by atoms with Gasteiger partial charge in [-0.3, -0.25) is 0 Å². The van der Waals surface area contributed by atoms with E-state index in [0.717, 1.165) is 39.9 Å². The maximum atomic E-state index is 6.20. The Balaban J connectivity index is 2.17. The van der Waals surface area contributed by atoms with E-state index in [9.17, 15) is 0 Å². The number of methoxy groups -OCH3 is 1. The first kappa shape index (κ1) is 14.0. The van der Waals surface area contributed by atoms with E-state index in [0.29, 0.717) is 13.2 Å². The van der Waals surface area contributed by atoms with Crippen molar-refractivity contribution in [2.75, 3.05) is 26.1 Å². The molecule has 2 aromatic rings. The van der Waals surface area contributed by atoms with Crippen molar-refractivity contribution in [1.82, 2.24) is 0 Å². The Morgan fingerprint density at radius 2 is 1.57 bits per heavy atom. The van der Waals surface area contributed by atoms with Crippen molar-refractivity contribution in [3.8, 4) is 11.5 Å². The van der Waals surface area contributed by atoms with Gasteiger partial charge in [0.1, 0.15) is 0 Å². The highest BCUT2D eigenvalue weighted by molar-refractivity contribution is 5.90. The fourth-order valence-electron chi connectivity index (χ4n) is 2.61. The monoisotopic (exact) mass is 287 g/mol. The summed E-state index contributed by atoms with van der Waals surface area (Å²) in [5.41, 5.74) is 7.48. The molecule has 3 rings (SSSR count). The summed E-state index contributed by atoms with van der Waals surface area (Å²) < 4.78 is 17.0. The normalized spacial score (nSPS) is 15.0. The predicted molar refractivity (Wildman–Crippen MR) is 84.0 cm³/mol. The maximum absolute atomic E-state index is 6.20. The zero-order valence-corrected chi connectivity index (χ0v) is 12.7. The van der Waals surface area contributed by atoms with Crippen molar-refractivity contribution in [3.05, 3.63) is 29.8 Å². The molecule has 0 aromatic heterocycles. The third kappa shape index (κ3) is 2.51. The first-order valence-electron chi connectivity index (χ1n) is 7.20. The highest BCUT2D eigenvalue weighted by atomic mass is 16.5. The van der Waals surface area contributed by atoms with Crippen LogP contribution in [0.1, 0.15) is 25.8 Å². The lowest BCUT2D eigenvalue weighted by Crippen LogP contribution is -2.21. The summed E-state index contributed by atoms with van der Waals surface area (Å²) in [5.74, 6) is 1.59. The minimum atomic E-state index is -0.428. The van der Waals surface area contributed by atoms with E-state index >= 15 is 0 Å². The first-order chi connectivity index (χ1) is 10.0. The molecule has 2 aromatic carbocycles. The number of anilines is 1. The van der Waals surface area contributed by atoms with Crippen LogP contribution in [0, 0.1) is 0 Å². The average Bonchev–Trinajstić information content (AvgIpc) is 2.69. The summed E-state index contributed by atoms with van der Waals surface area (Å²) in [6.45, 7) is 5.38. The molecule has 4 heteroatoms. The Kier molecular flexibility index (Phi) is 3.41. The second-order valence-electron chi connectivity index (χ2n) is 5.85. The van der Waals surface area contributed by atoms with Crippen LogP contribution in [0.5, 0.6) is 11.5 Å². The van der Waals surface area contributed by atoms with Gasteiger partial charge in [0.2, 0.25) is 0 Å². The maximum Gasteiger partial charge on any atom is 0.161 e. The highest BCUT2D eigenvalue weighted by Gasteiger charge is 2.23. The van der Waals surface area contributed by atoms with E-state index in [-0.39, 0.29) is 0 Å². The Labute approximate surface area is 124 Å². The highest BCUT2D eigenvalue weighted by Crippen LogP contribution is 2.38. The van der Waals surface area contributed by atoms with Crippen molar-refractivity contribution >= 4 is 16.5 Å². The molecule has 0 fully saturated rings. The molecule has 2 N–H and O–H groups in total. The van der Waals surface area contributed by atoms with Gasteiger partial charge >= 0.3 is 0 Å². The van der Waals surface area contributed by atoms with Gasteiger partial charge < -0.3 is 19.9 Å². The fraction of sp³-hybridized carbons (Fsp3) is 0.412. The molecule has 0 amide bonds. The van der Waals surface area contributed by atoms with Gasteiger partial charge in [-0.25, -0.2) is 0 Å². The zero-order valence-electron chi connectivity index (χ0n) is 12.7. The molecule has 0 saturated heterocycles. The summed E-state index contributed by atoms with van der Waals surface area (Å²) in [4.78, 5) is 0. The number of hydrogen-bond acceptors (Lipinski definition) is 4. The Morgan fingerprint density at radius 3 is 2.14 bits per heavy atom. The summed E-state index contributed by atoms with van der Waals surface area (Å²) in [6, 6.07) is 8.06. The van der Waals surface area contributed by atoms with Gasteiger partial charge in [-0.15, -0.1) is 0 Å². The molecular formula is C17H21NO3. The minimum absolute atomic E-state index is 0.428. The van der Waals surface area contributed by atoms with Crippen LogP contribution >= 0.6 is 0 Å². The molecule has 0 atom stereocenters. The molecule has 1 aliphatic heterocycles. The Bertz CT molecular complexity index is 679. The van der Waals surface area contributed by atoms with Gasteiger partial charge in [-0.05, 0) is 48.9 Å². The van der Waals surface area contributed by atoms with Gasteiger partial charge in [0.25, 0.3) is 0 Å². The molecule has 0 unspecified atom stereocenters. The largest absolute Gasteiger partial charge is 0.490 e. The van der Waals surface area contributed by atoms with Gasteiger partial charge in [0, 0.05) is 24.8 Å².